The van der Waals surface area contributed by atoms with Crippen LogP contribution in [0, 0.1) is 11.3 Å². The molecule has 0 bridgehead atoms. The zero-order valence-electron chi connectivity index (χ0n) is 17.0. The van der Waals surface area contributed by atoms with Crippen molar-refractivity contribution in [3.05, 3.63) is 42.4 Å². The number of rotatable bonds is 7. The summed E-state index contributed by atoms with van der Waals surface area (Å²) in [5.74, 6) is 1.04. The Morgan fingerprint density at radius 1 is 1.29 bits per heavy atom. The molecule has 3 aromatic rings. The number of hydrogen-bond acceptors (Lipinski definition) is 8. The molecular weight excluding hydrogens is 400 g/mol. The molecule has 0 spiro atoms. The van der Waals surface area contributed by atoms with E-state index < -0.39 is 0 Å². The second-order valence-electron chi connectivity index (χ2n) is 7.12. The summed E-state index contributed by atoms with van der Waals surface area (Å²) in [5, 5.41) is 27.5. The first-order valence-corrected chi connectivity index (χ1v) is 9.60. The van der Waals surface area contributed by atoms with Gasteiger partial charge < -0.3 is 15.4 Å². The molecule has 11 nitrogen and oxygen atoms in total. The van der Waals surface area contributed by atoms with Gasteiger partial charge in [0.1, 0.15) is 12.1 Å². The molecule has 1 saturated carbocycles. The van der Waals surface area contributed by atoms with Crippen molar-refractivity contribution in [2.45, 2.75) is 12.8 Å². The van der Waals surface area contributed by atoms with Gasteiger partial charge in [0, 0.05) is 25.2 Å². The third-order valence-corrected chi connectivity index (χ3v) is 4.81. The highest BCUT2D eigenvalue weighted by Gasteiger charge is 2.30. The number of para-hydroxylation sites is 1. The second-order valence-corrected chi connectivity index (χ2v) is 7.12. The van der Waals surface area contributed by atoms with Crippen molar-refractivity contribution in [3.8, 4) is 17.1 Å². The molecule has 2 heterocycles. The Kier molecular flexibility index (Phi) is 5.50. The van der Waals surface area contributed by atoms with Crippen LogP contribution in [0.25, 0.3) is 11.4 Å². The van der Waals surface area contributed by atoms with E-state index in [1.807, 2.05) is 17.6 Å². The fourth-order valence-electron chi connectivity index (χ4n) is 3.10. The predicted molar refractivity (Wildman–Crippen MR) is 114 cm³/mol. The zero-order chi connectivity index (χ0) is 22.0. The molecule has 1 fully saturated rings. The van der Waals surface area contributed by atoms with E-state index in [2.05, 4.69) is 25.7 Å². The first kappa shape index (κ1) is 20.3. The number of carbonyl (C=O) groups is 1. The number of aromatic nitrogens is 4. The molecule has 0 unspecified atom stereocenters. The van der Waals surface area contributed by atoms with Crippen LogP contribution in [0.2, 0.25) is 0 Å². The fraction of sp³-hybridized carbons (Fsp3) is 0.250. The van der Waals surface area contributed by atoms with Crippen LogP contribution in [0.3, 0.4) is 0 Å². The summed E-state index contributed by atoms with van der Waals surface area (Å²) in [6.07, 6.45) is 4.74. The van der Waals surface area contributed by atoms with E-state index in [0.29, 0.717) is 39.9 Å². The van der Waals surface area contributed by atoms with Gasteiger partial charge in [0.2, 0.25) is 5.91 Å². The number of ether oxygens (including phenoxy) is 1. The first-order valence-electron chi connectivity index (χ1n) is 9.60. The molecule has 1 aromatic carbocycles. The molecule has 0 atom stereocenters. The Bertz CT molecular complexity index is 1140. The van der Waals surface area contributed by atoms with E-state index in [0.717, 1.165) is 12.8 Å². The van der Waals surface area contributed by atoms with Gasteiger partial charge in [0.25, 0.3) is 0 Å². The van der Waals surface area contributed by atoms with Crippen LogP contribution in [0.15, 0.2) is 36.8 Å². The van der Waals surface area contributed by atoms with Crippen molar-refractivity contribution in [1.29, 1.82) is 5.41 Å². The van der Waals surface area contributed by atoms with Crippen LogP contribution in [0.5, 0.6) is 5.75 Å². The van der Waals surface area contributed by atoms with Crippen LogP contribution in [0.1, 0.15) is 18.4 Å². The standard InChI is InChI=1S/C20H22N8O3/c1-28-10-23-19(26-28)12-4-3-5-14(17(12)31-2)24-15-8-16(25-20(29)11-6-7-11)22-9-13(15)18(21)27-30/h3-5,8-11,30H,6-7H2,1-2H3,(H2,21,27)(H2,22,24,25,29). The lowest BCUT2D eigenvalue weighted by Crippen LogP contribution is -2.21. The predicted octanol–water partition coefficient (Wildman–Crippen LogP) is 2.28. The highest BCUT2D eigenvalue weighted by molar-refractivity contribution is 6.02. The van der Waals surface area contributed by atoms with Crippen LogP contribution in [-0.2, 0) is 11.8 Å². The molecule has 1 amide bonds. The average molecular weight is 422 g/mol. The molecule has 2 aromatic heterocycles. The number of anilines is 3. The Balaban J connectivity index is 1.71. The van der Waals surface area contributed by atoms with Gasteiger partial charge in [0.15, 0.2) is 17.4 Å². The van der Waals surface area contributed by atoms with E-state index in [1.165, 1.54) is 6.20 Å². The second kappa shape index (κ2) is 8.40. The lowest BCUT2D eigenvalue weighted by molar-refractivity contribution is -0.117. The molecule has 5 N–H and O–H groups in total. The summed E-state index contributed by atoms with van der Waals surface area (Å²) >= 11 is 0. The minimum Gasteiger partial charge on any atom is -0.494 e. The maximum atomic E-state index is 12.1. The van der Waals surface area contributed by atoms with Gasteiger partial charge in [-0.15, -0.1) is 0 Å². The largest absolute Gasteiger partial charge is 0.494 e. The van der Waals surface area contributed by atoms with Gasteiger partial charge in [-0.1, -0.05) is 6.07 Å². The number of benzene rings is 1. The SMILES string of the molecule is COc1c(Nc2cc(NC(=O)C3CC3)ncc2C(=N)NO)cccc1-c1ncn(C)n1. The Morgan fingerprint density at radius 2 is 2.10 bits per heavy atom. The van der Waals surface area contributed by atoms with Crippen LogP contribution in [0.4, 0.5) is 17.2 Å². The van der Waals surface area contributed by atoms with Crippen LogP contribution in [-0.4, -0.2) is 43.8 Å². The number of hydroxylamine groups is 1. The van der Waals surface area contributed by atoms with Crippen molar-refractivity contribution in [1.82, 2.24) is 25.2 Å². The van der Waals surface area contributed by atoms with Gasteiger partial charge in [-0.3, -0.25) is 25.6 Å². The van der Waals surface area contributed by atoms with Gasteiger partial charge in [-0.25, -0.2) is 9.97 Å². The lowest BCUT2D eigenvalue weighted by atomic mass is 10.1. The van der Waals surface area contributed by atoms with E-state index in [4.69, 9.17) is 10.1 Å². The smallest absolute Gasteiger partial charge is 0.228 e. The molecule has 1 aliphatic carbocycles. The molecule has 0 radical (unpaired) electrons. The summed E-state index contributed by atoms with van der Waals surface area (Å²) in [6, 6.07) is 7.06. The number of hydrogen-bond donors (Lipinski definition) is 5. The Hall–Kier alpha value is -3.99. The van der Waals surface area contributed by atoms with E-state index >= 15 is 0 Å². The van der Waals surface area contributed by atoms with E-state index in [9.17, 15) is 10.0 Å². The van der Waals surface area contributed by atoms with Crippen LogP contribution >= 0.6 is 0 Å². The molecule has 160 valence electrons. The fourth-order valence-corrected chi connectivity index (χ4v) is 3.10. The number of nitrogens with one attached hydrogen (secondary N) is 4. The number of amides is 1. The first-order chi connectivity index (χ1) is 15.0. The van der Waals surface area contributed by atoms with Gasteiger partial charge in [0.05, 0.1) is 29.6 Å². The van der Waals surface area contributed by atoms with Crippen molar-refractivity contribution >= 4 is 28.9 Å². The molecule has 31 heavy (non-hydrogen) atoms. The van der Waals surface area contributed by atoms with Crippen molar-refractivity contribution < 1.29 is 14.7 Å². The minimum absolute atomic E-state index is 0.0259. The number of nitrogens with zero attached hydrogens (tertiary/aromatic N) is 4. The maximum absolute atomic E-state index is 12.1. The van der Waals surface area contributed by atoms with Crippen LogP contribution < -0.4 is 20.9 Å². The zero-order valence-corrected chi connectivity index (χ0v) is 17.0. The minimum atomic E-state index is -0.253. The quantitative estimate of drug-likeness (QED) is 0.221. The van der Waals surface area contributed by atoms with E-state index in [1.54, 1.807) is 37.3 Å². The Morgan fingerprint density at radius 3 is 2.74 bits per heavy atom. The summed E-state index contributed by atoms with van der Waals surface area (Å²) in [5.41, 5.74) is 3.84. The van der Waals surface area contributed by atoms with Gasteiger partial charge >= 0.3 is 0 Å². The van der Waals surface area contributed by atoms with Gasteiger partial charge in [-0.05, 0) is 25.0 Å². The molecule has 11 heteroatoms. The highest BCUT2D eigenvalue weighted by atomic mass is 16.5. The number of methoxy groups -OCH3 is 1. The number of aryl methyl sites for hydroxylation is 1. The number of pyridine rings is 1. The molecule has 4 rings (SSSR count). The maximum Gasteiger partial charge on any atom is 0.228 e. The van der Waals surface area contributed by atoms with Crippen molar-refractivity contribution in [2.24, 2.45) is 13.0 Å². The summed E-state index contributed by atoms with van der Waals surface area (Å²) in [7, 11) is 3.32. The third kappa shape index (κ3) is 4.31. The number of amidine groups is 1. The molecule has 0 saturated heterocycles. The average Bonchev–Trinajstić information content (AvgIpc) is 3.54. The summed E-state index contributed by atoms with van der Waals surface area (Å²) in [4.78, 5) is 20.6. The molecular formula is C20H22N8O3. The normalized spacial score (nSPS) is 12.9. The van der Waals surface area contributed by atoms with Crippen molar-refractivity contribution in [3.63, 3.8) is 0 Å². The molecule has 1 aliphatic rings. The van der Waals surface area contributed by atoms with E-state index in [-0.39, 0.29) is 17.7 Å². The topological polar surface area (TPSA) is 150 Å². The third-order valence-electron chi connectivity index (χ3n) is 4.81. The van der Waals surface area contributed by atoms with Crippen molar-refractivity contribution in [2.75, 3.05) is 17.7 Å². The van der Waals surface area contributed by atoms with Gasteiger partial charge in [-0.2, -0.15) is 5.10 Å². The summed E-state index contributed by atoms with van der Waals surface area (Å²) in [6.45, 7) is 0. The lowest BCUT2D eigenvalue weighted by Gasteiger charge is -2.17. The highest BCUT2D eigenvalue weighted by Crippen LogP contribution is 2.37. The number of carbonyl (C=O) groups excluding carboxylic acids is 1. The molecule has 0 aliphatic heterocycles. The Labute approximate surface area is 177 Å². The summed E-state index contributed by atoms with van der Waals surface area (Å²) < 4.78 is 7.21. The monoisotopic (exact) mass is 422 g/mol.